The van der Waals surface area contributed by atoms with Crippen LogP contribution < -0.4 is 10.2 Å². The summed E-state index contributed by atoms with van der Waals surface area (Å²) in [7, 11) is -3.10. The molecule has 0 radical (unpaired) electrons. The average Bonchev–Trinajstić information content (AvgIpc) is 3.15. The first-order valence-electron chi connectivity index (χ1n) is 9.86. The number of aliphatic imine (C=N–C) groups is 1. The van der Waals surface area contributed by atoms with E-state index in [0.717, 1.165) is 28.1 Å². The largest absolute Gasteiger partial charge is 0.325 e. The highest BCUT2D eigenvalue weighted by atomic mass is 32.2. The van der Waals surface area contributed by atoms with Crippen molar-refractivity contribution >= 4 is 44.0 Å². The number of hydrogen-bond acceptors (Lipinski definition) is 6. The van der Waals surface area contributed by atoms with Gasteiger partial charge in [0.2, 0.25) is 5.91 Å². The number of amidine groups is 1. The normalized spacial score (nSPS) is 22.0. The summed E-state index contributed by atoms with van der Waals surface area (Å²) in [6, 6.07) is 13.4. The molecule has 2 aromatic carbocycles. The second-order valence-corrected chi connectivity index (χ2v) is 11.0. The summed E-state index contributed by atoms with van der Waals surface area (Å²) in [5.74, 6) is 0.265. The van der Waals surface area contributed by atoms with Gasteiger partial charge in [-0.05, 0) is 44.0 Å². The Hall–Kier alpha value is -2.32. The van der Waals surface area contributed by atoms with Crippen LogP contribution in [0.15, 0.2) is 47.5 Å². The van der Waals surface area contributed by atoms with Gasteiger partial charge in [0.05, 0.1) is 29.3 Å². The van der Waals surface area contributed by atoms with E-state index in [4.69, 9.17) is 0 Å². The molecule has 0 spiro atoms. The first-order chi connectivity index (χ1) is 14.2. The highest BCUT2D eigenvalue weighted by molar-refractivity contribution is 8.14. The van der Waals surface area contributed by atoms with E-state index >= 15 is 0 Å². The van der Waals surface area contributed by atoms with Gasteiger partial charge in [-0.15, -0.1) is 0 Å². The SMILES string of the molecule is Cc1ccc(N2C(SCC(=O)Nc3c(C)cccc3C)=N[C@H]3CS(=O)(=O)C[C@@H]32)cc1. The zero-order chi connectivity index (χ0) is 21.5. The maximum Gasteiger partial charge on any atom is 0.234 e. The lowest BCUT2D eigenvalue weighted by Gasteiger charge is -2.26. The minimum absolute atomic E-state index is 0.0681. The third-order valence-corrected chi connectivity index (χ3v) is 8.16. The van der Waals surface area contributed by atoms with Crippen molar-refractivity contribution in [2.24, 2.45) is 4.99 Å². The maximum atomic E-state index is 12.6. The van der Waals surface area contributed by atoms with Gasteiger partial charge < -0.3 is 10.2 Å². The Morgan fingerprint density at radius 1 is 1.10 bits per heavy atom. The van der Waals surface area contributed by atoms with E-state index in [9.17, 15) is 13.2 Å². The van der Waals surface area contributed by atoms with Gasteiger partial charge in [-0.3, -0.25) is 9.79 Å². The van der Waals surface area contributed by atoms with Crippen LogP contribution in [-0.2, 0) is 14.6 Å². The van der Waals surface area contributed by atoms with Crippen molar-refractivity contribution in [1.29, 1.82) is 0 Å². The molecule has 158 valence electrons. The topological polar surface area (TPSA) is 78.8 Å². The van der Waals surface area contributed by atoms with Crippen LogP contribution in [0.4, 0.5) is 11.4 Å². The van der Waals surface area contributed by atoms with E-state index in [0.29, 0.717) is 5.17 Å². The van der Waals surface area contributed by atoms with Crippen molar-refractivity contribution in [1.82, 2.24) is 0 Å². The predicted molar refractivity (Wildman–Crippen MR) is 124 cm³/mol. The molecule has 1 N–H and O–H groups in total. The van der Waals surface area contributed by atoms with Crippen molar-refractivity contribution in [2.45, 2.75) is 32.9 Å². The van der Waals surface area contributed by atoms with Gasteiger partial charge in [0.25, 0.3) is 0 Å². The van der Waals surface area contributed by atoms with Crippen LogP contribution in [-0.4, -0.2) is 48.8 Å². The number of nitrogens with zero attached hydrogens (tertiary/aromatic N) is 2. The lowest BCUT2D eigenvalue weighted by Crippen LogP contribution is -2.39. The van der Waals surface area contributed by atoms with Gasteiger partial charge in [-0.1, -0.05) is 47.7 Å². The van der Waals surface area contributed by atoms with Crippen molar-refractivity contribution in [3.05, 3.63) is 59.2 Å². The monoisotopic (exact) mass is 443 g/mol. The van der Waals surface area contributed by atoms with Crippen LogP contribution in [0.5, 0.6) is 0 Å². The Balaban J connectivity index is 1.51. The smallest absolute Gasteiger partial charge is 0.234 e. The average molecular weight is 444 g/mol. The molecule has 1 amide bonds. The van der Waals surface area contributed by atoms with Crippen molar-refractivity contribution < 1.29 is 13.2 Å². The number of rotatable bonds is 4. The van der Waals surface area contributed by atoms with Crippen LogP contribution in [0.3, 0.4) is 0 Å². The number of amides is 1. The Bertz CT molecular complexity index is 1090. The molecule has 30 heavy (non-hydrogen) atoms. The number of carbonyl (C=O) groups excluding carboxylic acids is 1. The number of nitrogens with one attached hydrogen (secondary N) is 1. The molecule has 8 heteroatoms. The summed E-state index contributed by atoms with van der Waals surface area (Å²) < 4.78 is 24.3. The number of carbonyl (C=O) groups is 1. The van der Waals surface area contributed by atoms with Gasteiger partial charge in [0.1, 0.15) is 0 Å². The maximum absolute atomic E-state index is 12.6. The Labute approximate surface area is 181 Å². The van der Waals surface area contributed by atoms with E-state index in [-0.39, 0.29) is 35.2 Å². The van der Waals surface area contributed by atoms with Gasteiger partial charge in [0, 0.05) is 11.4 Å². The van der Waals surface area contributed by atoms with Gasteiger partial charge in [-0.25, -0.2) is 8.42 Å². The number of para-hydroxylation sites is 1. The van der Waals surface area contributed by atoms with Crippen LogP contribution in [0, 0.1) is 20.8 Å². The number of aryl methyl sites for hydroxylation is 3. The summed E-state index contributed by atoms with van der Waals surface area (Å²) in [5, 5.41) is 3.71. The van der Waals surface area contributed by atoms with Crippen LogP contribution in [0.2, 0.25) is 0 Å². The molecular weight excluding hydrogens is 418 g/mol. The number of benzene rings is 2. The molecule has 4 rings (SSSR count). The van der Waals surface area contributed by atoms with Crippen molar-refractivity contribution in [2.75, 3.05) is 27.5 Å². The summed E-state index contributed by atoms with van der Waals surface area (Å²) in [6.45, 7) is 5.95. The molecule has 0 aromatic heterocycles. The Morgan fingerprint density at radius 3 is 2.43 bits per heavy atom. The van der Waals surface area contributed by atoms with E-state index in [1.807, 2.05) is 68.1 Å². The second-order valence-electron chi connectivity index (χ2n) is 7.93. The highest BCUT2D eigenvalue weighted by Gasteiger charge is 2.47. The fourth-order valence-corrected chi connectivity index (χ4v) is 6.72. The molecule has 2 aromatic rings. The quantitative estimate of drug-likeness (QED) is 0.784. The Morgan fingerprint density at radius 2 is 1.77 bits per heavy atom. The number of sulfone groups is 1. The summed E-state index contributed by atoms with van der Waals surface area (Å²) >= 11 is 1.36. The molecule has 2 heterocycles. The van der Waals surface area contributed by atoms with Gasteiger partial charge in [0.15, 0.2) is 15.0 Å². The number of hydrogen-bond donors (Lipinski definition) is 1. The summed E-state index contributed by atoms with van der Waals surface area (Å²) in [5.41, 5.74) is 4.93. The molecule has 2 aliphatic heterocycles. The molecule has 6 nitrogen and oxygen atoms in total. The third-order valence-electron chi connectivity index (χ3n) is 5.50. The summed E-state index contributed by atoms with van der Waals surface area (Å²) in [6.07, 6.45) is 0. The zero-order valence-electron chi connectivity index (χ0n) is 17.3. The number of thioether (sulfide) groups is 1. The molecule has 2 atom stereocenters. The molecule has 0 aliphatic carbocycles. The standard InChI is InChI=1S/C22H25N3O3S2/c1-14-7-9-17(10-8-14)25-19-13-30(27,28)12-18(19)23-22(25)29-11-20(26)24-21-15(2)5-4-6-16(21)3/h4-10,18-19H,11-13H2,1-3H3,(H,24,26)/t18-,19-/m0/s1. The molecule has 1 fully saturated rings. The molecule has 2 aliphatic rings. The first-order valence-corrected chi connectivity index (χ1v) is 12.7. The fourth-order valence-electron chi connectivity index (χ4n) is 3.96. The zero-order valence-corrected chi connectivity index (χ0v) is 18.9. The highest BCUT2D eigenvalue weighted by Crippen LogP contribution is 2.35. The first kappa shape index (κ1) is 20.9. The van der Waals surface area contributed by atoms with E-state index in [2.05, 4.69) is 10.3 Å². The lowest BCUT2D eigenvalue weighted by molar-refractivity contribution is -0.113. The van der Waals surface area contributed by atoms with Crippen LogP contribution in [0.1, 0.15) is 16.7 Å². The van der Waals surface area contributed by atoms with Crippen LogP contribution in [0.25, 0.3) is 0 Å². The Kier molecular flexibility index (Phi) is 5.63. The van der Waals surface area contributed by atoms with Gasteiger partial charge >= 0.3 is 0 Å². The second kappa shape index (κ2) is 8.07. The van der Waals surface area contributed by atoms with E-state index < -0.39 is 9.84 Å². The molecular formula is C22H25N3O3S2. The third kappa shape index (κ3) is 4.25. The molecule has 0 unspecified atom stereocenters. The minimum atomic E-state index is -3.10. The number of fused-ring (bicyclic) bond motifs is 1. The predicted octanol–water partition coefficient (Wildman–Crippen LogP) is 3.33. The van der Waals surface area contributed by atoms with Crippen molar-refractivity contribution in [3.63, 3.8) is 0 Å². The molecule has 0 saturated carbocycles. The summed E-state index contributed by atoms with van der Waals surface area (Å²) in [4.78, 5) is 19.3. The minimum Gasteiger partial charge on any atom is -0.325 e. The number of anilines is 2. The van der Waals surface area contributed by atoms with E-state index in [1.54, 1.807) is 0 Å². The van der Waals surface area contributed by atoms with Gasteiger partial charge in [-0.2, -0.15) is 0 Å². The fraction of sp³-hybridized carbons (Fsp3) is 0.364. The van der Waals surface area contributed by atoms with Crippen LogP contribution >= 0.6 is 11.8 Å². The molecule has 0 bridgehead atoms. The molecule has 1 saturated heterocycles. The van der Waals surface area contributed by atoms with E-state index in [1.165, 1.54) is 11.8 Å². The lowest BCUT2D eigenvalue weighted by atomic mass is 10.1. The van der Waals surface area contributed by atoms with Crippen molar-refractivity contribution in [3.8, 4) is 0 Å².